The Bertz CT molecular complexity index is 1880. The molecule has 3 heterocycles. The molecule has 1 amide bonds. The minimum atomic E-state index is -1.42. The fourth-order valence-corrected chi connectivity index (χ4v) is 7.44. The van der Waals surface area contributed by atoms with Gasteiger partial charge < -0.3 is 24.4 Å². The van der Waals surface area contributed by atoms with Crippen molar-refractivity contribution in [1.82, 2.24) is 4.90 Å². The highest BCUT2D eigenvalue weighted by molar-refractivity contribution is 6.17. The molecule has 4 aromatic carbocycles. The number of Topliss-reactive ketones (excluding diaryl/α,β-unsaturated/α-hetero) is 2. The second-order valence-electron chi connectivity index (χ2n) is 11.8. The predicted octanol–water partition coefficient (Wildman–Crippen LogP) is 6.47. The number of hydrogen-bond acceptors (Lipinski definition) is 7. The molecule has 4 atom stereocenters. The van der Waals surface area contributed by atoms with Crippen LogP contribution in [0.4, 0.5) is 5.69 Å². The van der Waals surface area contributed by atoms with Crippen LogP contribution in [0.3, 0.4) is 0 Å². The molecule has 1 fully saturated rings. The smallest absolute Gasteiger partial charge is 0.238 e. The van der Waals surface area contributed by atoms with Gasteiger partial charge in [-0.15, -0.1) is 0 Å². The summed E-state index contributed by atoms with van der Waals surface area (Å²) in [6.45, 7) is 2.58. The molecule has 1 N–H and O–H groups in total. The predicted molar refractivity (Wildman–Crippen MR) is 175 cm³/mol. The molecule has 8 nitrogen and oxygen atoms in total. The zero-order valence-electron chi connectivity index (χ0n) is 25.9. The quantitative estimate of drug-likeness (QED) is 0.216. The summed E-state index contributed by atoms with van der Waals surface area (Å²) >= 11 is 0. The van der Waals surface area contributed by atoms with Crippen LogP contribution in [0.5, 0.6) is 17.2 Å². The lowest BCUT2D eigenvalue weighted by atomic mass is 9.62. The van der Waals surface area contributed by atoms with Crippen LogP contribution in [-0.4, -0.2) is 49.2 Å². The maximum absolute atomic E-state index is 15.1. The molecule has 0 radical (unpaired) electrons. The average molecular weight is 615 g/mol. The SMILES string of the molecule is CCCOc1ccc(C(=O)C2C(C(=O)c3ccc(OC)cc3OC)N3C=Cc4ccccc4C3C23C(=O)Nc2ccccc23)cc1. The summed E-state index contributed by atoms with van der Waals surface area (Å²) in [6, 6.07) is 25.6. The molecular weight excluding hydrogens is 580 g/mol. The van der Waals surface area contributed by atoms with Gasteiger partial charge in [0, 0.05) is 23.5 Å². The summed E-state index contributed by atoms with van der Waals surface area (Å²) in [5.41, 5.74) is 2.39. The number of nitrogens with one attached hydrogen (secondary N) is 1. The van der Waals surface area contributed by atoms with Crippen molar-refractivity contribution in [2.24, 2.45) is 5.92 Å². The Morgan fingerprint density at radius 3 is 2.37 bits per heavy atom. The van der Waals surface area contributed by atoms with Crippen LogP contribution in [0.1, 0.15) is 56.8 Å². The Balaban J connectivity index is 1.48. The number of hydrogen-bond donors (Lipinski definition) is 1. The summed E-state index contributed by atoms with van der Waals surface area (Å²) in [6.07, 6.45) is 4.65. The fourth-order valence-electron chi connectivity index (χ4n) is 7.44. The molecule has 0 aliphatic carbocycles. The van der Waals surface area contributed by atoms with Crippen LogP contribution >= 0.6 is 0 Å². The second-order valence-corrected chi connectivity index (χ2v) is 11.8. The topological polar surface area (TPSA) is 94.2 Å². The molecule has 46 heavy (non-hydrogen) atoms. The van der Waals surface area contributed by atoms with E-state index < -0.39 is 23.4 Å². The molecule has 3 aliphatic heterocycles. The maximum Gasteiger partial charge on any atom is 0.238 e. The van der Waals surface area contributed by atoms with Gasteiger partial charge >= 0.3 is 0 Å². The van der Waals surface area contributed by atoms with Gasteiger partial charge in [0.25, 0.3) is 0 Å². The summed E-state index contributed by atoms with van der Waals surface area (Å²) in [5.74, 6) is -0.547. The average Bonchev–Trinajstić information content (AvgIpc) is 3.58. The molecule has 8 heteroatoms. The number of benzene rings is 4. The summed E-state index contributed by atoms with van der Waals surface area (Å²) in [4.78, 5) is 46.6. The number of carbonyl (C=O) groups excluding carboxylic acids is 3. The molecule has 0 aromatic heterocycles. The van der Waals surface area contributed by atoms with Crippen LogP contribution in [0.15, 0.2) is 97.2 Å². The minimum absolute atomic E-state index is 0.296. The molecule has 1 saturated heterocycles. The van der Waals surface area contributed by atoms with E-state index in [4.69, 9.17) is 14.2 Å². The lowest BCUT2D eigenvalue weighted by Gasteiger charge is -2.38. The molecule has 4 unspecified atom stereocenters. The lowest BCUT2D eigenvalue weighted by molar-refractivity contribution is -0.122. The van der Waals surface area contributed by atoms with Crippen molar-refractivity contribution >= 4 is 29.2 Å². The Kier molecular flexibility index (Phi) is 7.35. The van der Waals surface area contributed by atoms with Crippen LogP contribution in [0, 0.1) is 5.92 Å². The van der Waals surface area contributed by atoms with Gasteiger partial charge in [0.15, 0.2) is 11.6 Å². The maximum atomic E-state index is 15.1. The fraction of sp³-hybridized carbons (Fsp3) is 0.237. The Labute approximate surface area is 267 Å². The first kappa shape index (κ1) is 29.3. The third kappa shape index (κ3) is 4.31. The molecule has 7 rings (SSSR count). The largest absolute Gasteiger partial charge is 0.497 e. The number of ether oxygens (including phenoxy) is 3. The summed E-state index contributed by atoms with van der Waals surface area (Å²) in [5, 5.41) is 3.09. The number of para-hydroxylation sites is 1. The van der Waals surface area contributed by atoms with Crippen LogP contribution < -0.4 is 19.5 Å². The lowest BCUT2D eigenvalue weighted by Crippen LogP contribution is -2.49. The molecule has 0 bridgehead atoms. The van der Waals surface area contributed by atoms with E-state index in [0.717, 1.165) is 17.5 Å². The number of nitrogens with zero attached hydrogens (tertiary/aromatic N) is 1. The number of anilines is 1. The standard InChI is InChI=1S/C38H34N2O6/c1-4-21-46-25-15-13-24(14-16-25)34(41)32-33(35(42)28-18-17-26(44-2)22-31(28)45-3)40-20-19-23-9-5-6-10-27(23)36(40)38(32)29-11-7-8-12-30(29)39-37(38)43/h5-20,22,32-33,36H,4,21H2,1-3H3,(H,39,43). The number of rotatable bonds is 9. The van der Waals surface area contributed by atoms with E-state index in [1.165, 1.54) is 7.11 Å². The van der Waals surface area contributed by atoms with Crippen LogP contribution in [0.2, 0.25) is 0 Å². The van der Waals surface area contributed by atoms with Crippen LogP contribution in [-0.2, 0) is 10.2 Å². The summed E-state index contributed by atoms with van der Waals surface area (Å²) in [7, 11) is 3.04. The van der Waals surface area contributed by atoms with Gasteiger partial charge in [-0.25, -0.2) is 0 Å². The van der Waals surface area contributed by atoms with Crippen molar-refractivity contribution in [1.29, 1.82) is 0 Å². The Morgan fingerprint density at radius 1 is 0.870 bits per heavy atom. The number of carbonyl (C=O) groups is 3. The third-order valence-corrected chi connectivity index (χ3v) is 9.41. The van der Waals surface area contributed by atoms with Gasteiger partial charge in [-0.05, 0) is 71.7 Å². The van der Waals surface area contributed by atoms with Crippen molar-refractivity contribution in [2.75, 3.05) is 26.1 Å². The normalized spacial score (nSPS) is 22.1. The Hall–Kier alpha value is -5.37. The van der Waals surface area contributed by atoms with Gasteiger partial charge in [0.1, 0.15) is 28.7 Å². The molecule has 232 valence electrons. The molecule has 1 spiro atoms. The first-order valence-electron chi connectivity index (χ1n) is 15.4. The zero-order chi connectivity index (χ0) is 32.0. The van der Waals surface area contributed by atoms with Crippen molar-refractivity contribution in [3.05, 3.63) is 125 Å². The second kappa shape index (κ2) is 11.5. The number of ketones is 2. The van der Waals surface area contributed by atoms with E-state index in [-0.39, 0.29) is 17.5 Å². The van der Waals surface area contributed by atoms with Crippen molar-refractivity contribution in [3.8, 4) is 17.2 Å². The van der Waals surface area contributed by atoms with Gasteiger partial charge in [0.05, 0.1) is 38.3 Å². The Morgan fingerprint density at radius 2 is 1.61 bits per heavy atom. The molecule has 3 aliphatic rings. The molecule has 4 aromatic rings. The number of methoxy groups -OCH3 is 2. The highest BCUT2D eigenvalue weighted by Crippen LogP contribution is 2.62. The third-order valence-electron chi connectivity index (χ3n) is 9.41. The van der Waals surface area contributed by atoms with Gasteiger partial charge in [-0.2, -0.15) is 0 Å². The number of fused-ring (bicyclic) bond motifs is 6. The first-order valence-corrected chi connectivity index (χ1v) is 15.4. The minimum Gasteiger partial charge on any atom is -0.497 e. The van der Waals surface area contributed by atoms with Crippen molar-refractivity contribution in [2.45, 2.75) is 30.8 Å². The van der Waals surface area contributed by atoms with Crippen molar-refractivity contribution < 1.29 is 28.6 Å². The van der Waals surface area contributed by atoms with E-state index in [1.54, 1.807) is 49.6 Å². The van der Waals surface area contributed by atoms with E-state index in [0.29, 0.717) is 46.2 Å². The molecule has 0 saturated carbocycles. The van der Waals surface area contributed by atoms with E-state index >= 15 is 4.79 Å². The zero-order valence-corrected chi connectivity index (χ0v) is 25.9. The number of amides is 1. The highest BCUT2D eigenvalue weighted by atomic mass is 16.5. The van der Waals surface area contributed by atoms with Gasteiger partial charge in [0.2, 0.25) is 5.91 Å². The van der Waals surface area contributed by atoms with E-state index in [2.05, 4.69) is 5.32 Å². The van der Waals surface area contributed by atoms with Gasteiger partial charge in [-0.3, -0.25) is 14.4 Å². The monoisotopic (exact) mass is 614 g/mol. The first-order chi connectivity index (χ1) is 22.4. The van der Waals surface area contributed by atoms with E-state index in [9.17, 15) is 9.59 Å². The highest BCUT2D eigenvalue weighted by Gasteiger charge is 2.70. The summed E-state index contributed by atoms with van der Waals surface area (Å²) < 4.78 is 16.8. The van der Waals surface area contributed by atoms with Crippen LogP contribution in [0.25, 0.3) is 6.08 Å². The van der Waals surface area contributed by atoms with E-state index in [1.807, 2.05) is 72.6 Å². The van der Waals surface area contributed by atoms with Gasteiger partial charge in [-0.1, -0.05) is 49.4 Å². The van der Waals surface area contributed by atoms with Crippen molar-refractivity contribution in [3.63, 3.8) is 0 Å². The molecular formula is C38H34N2O6.